The second kappa shape index (κ2) is 5.97. The molecule has 2 N–H and O–H groups in total. The SMILES string of the molecule is CC1(C)C2CCC(CNC(=O)C3=C(O)[C@@H]4CO[C@@H](C(C)(C)C)N4C3=O)C1C2. The predicted octanol–water partition coefficient (Wildman–Crippen LogP) is 2.60. The molecule has 2 amide bonds. The number of aliphatic hydroxyl groups is 1. The highest BCUT2D eigenvalue weighted by molar-refractivity contribution is 6.20. The fourth-order valence-electron chi connectivity index (χ4n) is 5.77. The number of hydrogen-bond donors (Lipinski definition) is 2. The Labute approximate surface area is 161 Å². The van der Waals surface area contributed by atoms with E-state index in [9.17, 15) is 14.7 Å². The molecule has 5 atom stereocenters. The lowest BCUT2D eigenvalue weighted by atomic mass is 9.45. The normalized spacial score (nSPS) is 37.3. The van der Waals surface area contributed by atoms with Gasteiger partial charge in [0.25, 0.3) is 11.8 Å². The van der Waals surface area contributed by atoms with Gasteiger partial charge in [-0.3, -0.25) is 14.5 Å². The molecule has 5 aliphatic rings. The van der Waals surface area contributed by atoms with Crippen molar-refractivity contribution in [2.75, 3.05) is 13.2 Å². The van der Waals surface area contributed by atoms with Gasteiger partial charge in [-0.1, -0.05) is 34.6 Å². The van der Waals surface area contributed by atoms with Crippen LogP contribution < -0.4 is 5.32 Å². The van der Waals surface area contributed by atoms with Crippen LogP contribution in [0.1, 0.15) is 53.9 Å². The van der Waals surface area contributed by atoms with Gasteiger partial charge in [0, 0.05) is 12.0 Å². The van der Waals surface area contributed by atoms with Crippen LogP contribution in [0.5, 0.6) is 0 Å². The van der Waals surface area contributed by atoms with Gasteiger partial charge in [-0.15, -0.1) is 0 Å². The van der Waals surface area contributed by atoms with Crippen LogP contribution in [-0.2, 0) is 14.3 Å². The molecule has 2 aliphatic heterocycles. The number of nitrogens with one attached hydrogen (secondary N) is 1. The Bertz CT molecular complexity index is 703. The lowest BCUT2D eigenvalue weighted by Gasteiger charge is -2.60. The summed E-state index contributed by atoms with van der Waals surface area (Å²) in [6, 6.07) is -0.538. The summed E-state index contributed by atoms with van der Waals surface area (Å²) in [5, 5.41) is 13.5. The van der Waals surface area contributed by atoms with Crippen LogP contribution in [0.25, 0.3) is 0 Å². The van der Waals surface area contributed by atoms with Crippen LogP contribution in [0.4, 0.5) is 0 Å². The van der Waals surface area contributed by atoms with E-state index in [1.54, 1.807) is 0 Å². The monoisotopic (exact) mass is 376 g/mol. The molecule has 0 spiro atoms. The molecule has 3 saturated carbocycles. The number of hydrogen-bond acceptors (Lipinski definition) is 4. The summed E-state index contributed by atoms with van der Waals surface area (Å²) in [5.74, 6) is 0.911. The molecule has 150 valence electrons. The van der Waals surface area contributed by atoms with Gasteiger partial charge in [0.1, 0.15) is 23.6 Å². The van der Waals surface area contributed by atoms with Crippen molar-refractivity contribution >= 4 is 11.8 Å². The van der Waals surface area contributed by atoms with Crippen molar-refractivity contribution in [3.05, 3.63) is 11.3 Å². The van der Waals surface area contributed by atoms with Gasteiger partial charge in [0.2, 0.25) is 0 Å². The lowest BCUT2D eigenvalue weighted by Crippen LogP contribution is -2.54. The Morgan fingerprint density at radius 3 is 2.63 bits per heavy atom. The third kappa shape index (κ3) is 2.71. The summed E-state index contributed by atoms with van der Waals surface area (Å²) in [5.41, 5.74) is -0.0253. The number of ether oxygens (including phenoxy) is 1. The number of aliphatic hydroxyl groups excluding tert-OH is 1. The second-order valence-electron chi connectivity index (χ2n) is 10.4. The minimum atomic E-state index is -0.538. The number of carbonyl (C=O) groups excluding carboxylic acids is 2. The zero-order chi connectivity index (χ0) is 19.7. The first kappa shape index (κ1) is 18.8. The van der Waals surface area contributed by atoms with Gasteiger partial charge in [-0.05, 0) is 42.4 Å². The van der Waals surface area contributed by atoms with E-state index in [-0.39, 0.29) is 23.4 Å². The summed E-state index contributed by atoms with van der Waals surface area (Å²) in [6.45, 7) is 11.4. The fraction of sp³-hybridized carbons (Fsp3) is 0.810. The molecule has 0 radical (unpaired) electrons. The third-order valence-corrected chi connectivity index (χ3v) is 7.51. The Balaban J connectivity index is 1.43. The molecule has 0 aromatic rings. The van der Waals surface area contributed by atoms with Gasteiger partial charge >= 0.3 is 0 Å². The van der Waals surface area contributed by atoms with Crippen molar-refractivity contribution in [3.63, 3.8) is 0 Å². The highest BCUT2D eigenvalue weighted by Gasteiger charge is 2.55. The Hall–Kier alpha value is -1.56. The van der Waals surface area contributed by atoms with Crippen LogP contribution in [-0.4, -0.2) is 47.2 Å². The number of carbonyl (C=O) groups is 2. The topological polar surface area (TPSA) is 78.9 Å². The Morgan fingerprint density at radius 2 is 2.04 bits per heavy atom. The maximum absolute atomic E-state index is 12.9. The average Bonchev–Trinajstić information content (AvgIpc) is 3.13. The Kier molecular flexibility index (Phi) is 4.15. The summed E-state index contributed by atoms with van der Waals surface area (Å²) >= 11 is 0. The van der Waals surface area contributed by atoms with E-state index in [4.69, 9.17) is 4.74 Å². The van der Waals surface area contributed by atoms with Gasteiger partial charge in [0.05, 0.1) is 6.61 Å². The van der Waals surface area contributed by atoms with Gasteiger partial charge in [-0.25, -0.2) is 0 Å². The van der Waals surface area contributed by atoms with Crippen LogP contribution in [0.15, 0.2) is 11.3 Å². The molecule has 6 nitrogen and oxygen atoms in total. The molecule has 1 saturated heterocycles. The van der Waals surface area contributed by atoms with Crippen LogP contribution in [0, 0.1) is 28.6 Å². The summed E-state index contributed by atoms with van der Waals surface area (Å²) in [4.78, 5) is 27.2. The van der Waals surface area contributed by atoms with E-state index >= 15 is 0 Å². The minimum Gasteiger partial charge on any atom is -0.509 e. The number of nitrogens with zero attached hydrogens (tertiary/aromatic N) is 1. The second-order valence-corrected chi connectivity index (χ2v) is 10.4. The first-order chi connectivity index (χ1) is 12.5. The van der Waals surface area contributed by atoms with Gasteiger partial charge in [-0.2, -0.15) is 0 Å². The molecule has 4 fully saturated rings. The first-order valence-corrected chi connectivity index (χ1v) is 10.2. The van der Waals surface area contributed by atoms with E-state index in [0.29, 0.717) is 23.8 Å². The molecule has 0 aromatic carbocycles. The van der Waals surface area contributed by atoms with Crippen molar-refractivity contribution < 1.29 is 19.4 Å². The van der Waals surface area contributed by atoms with Crippen LogP contribution in [0.2, 0.25) is 0 Å². The Morgan fingerprint density at radius 1 is 1.33 bits per heavy atom. The zero-order valence-corrected chi connectivity index (χ0v) is 17.0. The van der Waals surface area contributed by atoms with E-state index in [1.807, 2.05) is 20.8 Å². The first-order valence-electron chi connectivity index (χ1n) is 10.2. The van der Waals surface area contributed by atoms with E-state index < -0.39 is 24.1 Å². The highest BCUT2D eigenvalue weighted by atomic mass is 16.5. The smallest absolute Gasteiger partial charge is 0.265 e. The van der Waals surface area contributed by atoms with Gasteiger partial charge in [0.15, 0.2) is 0 Å². The van der Waals surface area contributed by atoms with Crippen molar-refractivity contribution in [1.29, 1.82) is 0 Å². The molecule has 5 rings (SSSR count). The summed E-state index contributed by atoms with van der Waals surface area (Å²) < 4.78 is 5.73. The maximum Gasteiger partial charge on any atom is 0.265 e. The molecule has 0 aromatic heterocycles. The zero-order valence-electron chi connectivity index (χ0n) is 17.0. The predicted molar refractivity (Wildman–Crippen MR) is 101 cm³/mol. The van der Waals surface area contributed by atoms with Crippen molar-refractivity contribution in [1.82, 2.24) is 10.2 Å². The van der Waals surface area contributed by atoms with Gasteiger partial charge < -0.3 is 15.2 Å². The van der Waals surface area contributed by atoms with E-state index in [2.05, 4.69) is 19.2 Å². The minimum absolute atomic E-state index is 0.0981. The fourth-order valence-corrected chi connectivity index (χ4v) is 5.77. The van der Waals surface area contributed by atoms with Crippen molar-refractivity contribution in [2.45, 2.75) is 66.2 Å². The number of fused-ring (bicyclic) bond motifs is 3. The number of rotatable bonds is 3. The van der Waals surface area contributed by atoms with E-state index in [0.717, 1.165) is 12.3 Å². The molecule has 6 heteroatoms. The van der Waals surface area contributed by atoms with Crippen LogP contribution >= 0.6 is 0 Å². The lowest BCUT2D eigenvalue weighted by molar-refractivity contribution is -0.139. The maximum atomic E-state index is 12.9. The summed E-state index contributed by atoms with van der Waals surface area (Å²) in [7, 11) is 0. The molecule has 3 unspecified atom stereocenters. The average molecular weight is 376 g/mol. The molecular weight excluding hydrogens is 344 g/mol. The standard InChI is InChI=1S/C21H32N2O4/c1-20(2,3)19-23-14(10-27-19)16(24)15(18(23)26)17(25)22-9-11-6-7-12-8-13(11)21(12,4)5/h11-14,19,24H,6-10H2,1-5H3,(H,22,25)/t11?,12?,13?,14-,19-/m0/s1. The third-order valence-electron chi connectivity index (χ3n) is 7.51. The number of amides is 2. The molecule has 2 bridgehead atoms. The summed E-state index contributed by atoms with van der Waals surface area (Å²) in [6.07, 6.45) is 3.17. The molecule has 27 heavy (non-hydrogen) atoms. The van der Waals surface area contributed by atoms with Crippen molar-refractivity contribution in [2.24, 2.45) is 28.6 Å². The van der Waals surface area contributed by atoms with E-state index in [1.165, 1.54) is 17.7 Å². The molecule has 2 heterocycles. The highest BCUT2D eigenvalue weighted by Crippen LogP contribution is 2.61. The molecular formula is C21H32N2O4. The van der Waals surface area contributed by atoms with Crippen LogP contribution in [0.3, 0.4) is 0 Å². The molecule has 3 aliphatic carbocycles. The van der Waals surface area contributed by atoms with Crippen molar-refractivity contribution in [3.8, 4) is 0 Å². The largest absolute Gasteiger partial charge is 0.509 e. The quantitative estimate of drug-likeness (QED) is 0.742.